The number of carboxylic acid groups (broad SMARTS) is 2. The number of guanidine groups is 1. The zero-order valence-corrected chi connectivity index (χ0v) is 37.9. The monoisotopic (exact) mass is 983 g/mol. The number of aliphatic hydroxyl groups is 2. The molecule has 0 saturated heterocycles. The van der Waals surface area contributed by atoms with Crippen LogP contribution in [0.5, 0.6) is 5.75 Å². The van der Waals surface area contributed by atoms with Crippen molar-refractivity contribution in [1.29, 1.82) is 0 Å². The molecule has 2 amide bonds. The van der Waals surface area contributed by atoms with E-state index in [1.165, 1.54) is 30.3 Å². The van der Waals surface area contributed by atoms with Crippen LogP contribution in [0, 0.1) is 0 Å². The minimum absolute atomic E-state index is 0.0305. The van der Waals surface area contributed by atoms with E-state index in [1.54, 1.807) is 24.3 Å². The molecule has 0 spiro atoms. The number of aliphatic carboxylic acids is 1. The van der Waals surface area contributed by atoms with Crippen molar-refractivity contribution in [3.05, 3.63) is 82.2 Å². The number of nitrogens with one attached hydrogen (secondary N) is 4. The van der Waals surface area contributed by atoms with Gasteiger partial charge in [-0.2, -0.15) is 0 Å². The maximum absolute atomic E-state index is 12.7. The van der Waals surface area contributed by atoms with Gasteiger partial charge in [0.2, 0.25) is 11.7 Å². The number of phenols is 1. The fourth-order valence-corrected chi connectivity index (χ4v) is 7.22. The molecule has 2 aliphatic heterocycles. The zero-order valence-electron chi connectivity index (χ0n) is 37.1. The third-order valence-corrected chi connectivity index (χ3v) is 10.2. The van der Waals surface area contributed by atoms with Gasteiger partial charge in [0, 0.05) is 54.3 Å². The van der Waals surface area contributed by atoms with E-state index >= 15 is 0 Å². The summed E-state index contributed by atoms with van der Waals surface area (Å²) in [6.45, 7) is 2.35. The number of aliphatic hydroxyl groups excluding tert-OH is 2. The van der Waals surface area contributed by atoms with Crippen molar-refractivity contribution in [2.45, 2.75) is 37.3 Å². The molecule has 1 unspecified atom stereocenters. The average molecular weight is 984 g/mol. The van der Waals surface area contributed by atoms with Gasteiger partial charge in [0.05, 0.1) is 77.1 Å². The molecule has 2 heterocycles. The van der Waals surface area contributed by atoms with Crippen LogP contribution >= 0.6 is 12.2 Å². The van der Waals surface area contributed by atoms with Gasteiger partial charge in [-0.1, -0.05) is 6.07 Å². The van der Waals surface area contributed by atoms with E-state index in [-0.39, 0.29) is 86.0 Å². The second kappa shape index (κ2) is 25.9. The number of benzene rings is 3. The second-order valence-electron chi connectivity index (χ2n) is 14.9. The number of carbonyl (C=O) groups is 4. The molecule has 0 radical (unpaired) electrons. The molecule has 24 nitrogen and oxygen atoms in total. The molecular formula is C44H53N7O17S. The minimum Gasteiger partial charge on any atom is -0.508 e. The number of aliphatic imine (C=N–C) groups is 1. The first-order valence-electron chi connectivity index (χ1n) is 21.2. The predicted molar refractivity (Wildman–Crippen MR) is 250 cm³/mol. The Bertz CT molecular complexity index is 2530. The first kappa shape index (κ1) is 52.8. The molecule has 2 aromatic carbocycles. The first-order valence-corrected chi connectivity index (χ1v) is 21.6. The Morgan fingerprint density at radius 1 is 0.841 bits per heavy atom. The summed E-state index contributed by atoms with van der Waals surface area (Å²) in [5.41, 5.74) is 12.8. The van der Waals surface area contributed by atoms with Crippen LogP contribution in [-0.4, -0.2) is 163 Å². The molecule has 1 aliphatic carbocycles. The van der Waals surface area contributed by atoms with Gasteiger partial charge >= 0.3 is 18.0 Å². The standard InChI is InChI=1S/C44H53N7O17S/c1-23(53)49-37-31(51-42(45)46)21-35(41(59)60)67-39(37)38(32(56)22-52)68-44(61)48-9-11-63-13-15-65-17-16-64-14-12-62-10-8-47-43(69)50-24-2-5-27(30(18-24)40(57)58)36-28-6-3-25(54)19-33(28)66-34-20-26(55)4-7-29(34)36/h2-7,18-21,31-32,37-39,52,54,56H,8-17,22H2,1H3,(H,48,61)(H,49,53)(H,57,58)(H,59,60)(H4,45,46,51)(H2,47,50,69)/t31-,32+,37+,38-,39?/m0/s1. The minimum atomic E-state index is -1.77. The molecule has 3 aliphatic rings. The molecule has 69 heavy (non-hydrogen) atoms. The van der Waals surface area contributed by atoms with E-state index in [2.05, 4.69) is 26.3 Å². The summed E-state index contributed by atoms with van der Waals surface area (Å²) in [7, 11) is 0. The summed E-state index contributed by atoms with van der Waals surface area (Å²) in [5, 5.41) is 61.7. The van der Waals surface area contributed by atoms with Crippen molar-refractivity contribution in [2.24, 2.45) is 16.5 Å². The maximum Gasteiger partial charge on any atom is 0.407 e. The van der Waals surface area contributed by atoms with Crippen molar-refractivity contribution in [3.63, 3.8) is 0 Å². The van der Waals surface area contributed by atoms with Crippen LogP contribution in [0.15, 0.2) is 80.6 Å². The number of amides is 2. The number of phenolic OH excluding ortho intramolecular Hbond substituents is 1. The topological polar surface area (TPSA) is 368 Å². The van der Waals surface area contributed by atoms with E-state index in [4.69, 9.17) is 56.5 Å². The Balaban J connectivity index is 0.939. The summed E-state index contributed by atoms with van der Waals surface area (Å²) in [4.78, 5) is 65.0. The molecule has 372 valence electrons. The molecule has 13 N–H and O–H groups in total. The Morgan fingerprint density at radius 3 is 2.09 bits per heavy atom. The van der Waals surface area contributed by atoms with E-state index in [9.17, 15) is 49.5 Å². The lowest BCUT2D eigenvalue weighted by molar-refractivity contribution is -0.146. The van der Waals surface area contributed by atoms with Gasteiger partial charge < -0.3 is 91.1 Å². The van der Waals surface area contributed by atoms with E-state index in [1.807, 2.05) is 0 Å². The Hall–Kier alpha value is -7.13. The number of nitrogens with zero attached hydrogens (tertiary/aromatic N) is 1. The summed E-state index contributed by atoms with van der Waals surface area (Å²) < 4.78 is 38.7. The lowest BCUT2D eigenvalue weighted by Gasteiger charge is -2.39. The van der Waals surface area contributed by atoms with Crippen molar-refractivity contribution in [3.8, 4) is 28.2 Å². The van der Waals surface area contributed by atoms with Crippen molar-refractivity contribution >= 4 is 63.9 Å². The quantitative estimate of drug-likeness (QED) is 0.0140. The molecule has 5 rings (SSSR count). The Kier molecular flexibility index (Phi) is 19.8. The summed E-state index contributed by atoms with van der Waals surface area (Å²) in [6, 6.07) is 11.1. The number of carbonyl (C=O) groups excluding carboxylic acids is 2. The summed E-state index contributed by atoms with van der Waals surface area (Å²) in [6.07, 6.45) is -5.06. The fraction of sp³-hybridized carbons (Fsp3) is 0.386. The fourth-order valence-electron chi connectivity index (χ4n) is 7.00. The van der Waals surface area contributed by atoms with Gasteiger partial charge in [-0.3, -0.25) is 9.59 Å². The van der Waals surface area contributed by atoms with Gasteiger partial charge in [0.25, 0.3) is 0 Å². The molecule has 2 aromatic rings. The van der Waals surface area contributed by atoms with E-state index in [0.717, 1.165) is 13.0 Å². The highest BCUT2D eigenvalue weighted by molar-refractivity contribution is 7.80. The lowest BCUT2D eigenvalue weighted by atomic mass is 9.90. The van der Waals surface area contributed by atoms with Gasteiger partial charge in [0.1, 0.15) is 23.2 Å². The Labute approximate surface area is 398 Å². The molecule has 25 heteroatoms. The smallest absolute Gasteiger partial charge is 0.407 e. The van der Waals surface area contributed by atoms with Crippen molar-refractivity contribution in [1.82, 2.24) is 16.0 Å². The number of anilines is 1. The average Bonchev–Trinajstić information content (AvgIpc) is 3.29. The normalized spacial score (nSPS) is 16.3. The number of hydrogen-bond acceptors (Lipinski definition) is 17. The van der Waals surface area contributed by atoms with Gasteiger partial charge in [-0.05, 0) is 60.3 Å². The molecule has 0 bridgehead atoms. The molecular weight excluding hydrogens is 931 g/mol. The van der Waals surface area contributed by atoms with Crippen LogP contribution in [0.3, 0.4) is 0 Å². The number of hydrogen-bond donors (Lipinski definition) is 11. The molecule has 5 atom stereocenters. The highest BCUT2D eigenvalue weighted by Crippen LogP contribution is 2.42. The van der Waals surface area contributed by atoms with Crippen LogP contribution in [-0.2, 0) is 38.0 Å². The number of aromatic hydroxyl groups is 1. The lowest BCUT2D eigenvalue weighted by Crippen LogP contribution is -2.61. The highest BCUT2D eigenvalue weighted by Gasteiger charge is 2.46. The number of ether oxygens (including phenoxy) is 6. The third-order valence-electron chi connectivity index (χ3n) is 9.94. The number of fused-ring (bicyclic) bond motifs is 2. The number of carboxylic acids is 2. The SMILES string of the molecule is CC(=O)N[C@H]1C([C@@H](OC(=O)NCCOCCOCCOCCOCCNC(=S)Nc2ccc(-c3c4ccc(=O)cc-4oc4cc(O)ccc34)c(C(=O)O)c2)[C@H](O)CO)OC(C(=O)O)=C[C@@H]1N=C(N)N. The Morgan fingerprint density at radius 2 is 1.48 bits per heavy atom. The van der Waals surface area contributed by atoms with Crippen LogP contribution in [0.4, 0.5) is 10.5 Å². The summed E-state index contributed by atoms with van der Waals surface area (Å²) in [5.74, 6) is -4.24. The molecule has 0 saturated carbocycles. The van der Waals surface area contributed by atoms with E-state index in [0.29, 0.717) is 40.9 Å². The van der Waals surface area contributed by atoms with Crippen LogP contribution < -0.4 is 38.2 Å². The second-order valence-corrected chi connectivity index (χ2v) is 15.4. The molecule has 0 fully saturated rings. The number of rotatable bonds is 25. The van der Waals surface area contributed by atoms with Gasteiger partial charge in [-0.25, -0.2) is 19.4 Å². The van der Waals surface area contributed by atoms with E-state index < -0.39 is 72.7 Å². The number of alkyl carbamates (subject to hydrolysis) is 1. The van der Waals surface area contributed by atoms with Crippen LogP contribution in [0.1, 0.15) is 17.3 Å². The van der Waals surface area contributed by atoms with Crippen molar-refractivity contribution < 1.29 is 77.5 Å². The molecule has 0 aromatic heterocycles. The van der Waals surface area contributed by atoms with Gasteiger partial charge in [-0.15, -0.1) is 0 Å². The first-order chi connectivity index (χ1) is 33.1. The zero-order chi connectivity index (χ0) is 50.0. The van der Waals surface area contributed by atoms with Crippen LogP contribution in [0.2, 0.25) is 0 Å². The van der Waals surface area contributed by atoms with Gasteiger partial charge in [0.15, 0.2) is 28.7 Å². The van der Waals surface area contributed by atoms with Crippen molar-refractivity contribution in [2.75, 3.05) is 77.9 Å². The maximum atomic E-state index is 12.7. The summed E-state index contributed by atoms with van der Waals surface area (Å²) >= 11 is 5.40. The largest absolute Gasteiger partial charge is 0.508 e. The highest BCUT2D eigenvalue weighted by atomic mass is 32.1. The third kappa shape index (κ3) is 15.4. The number of aromatic carboxylic acids is 1. The number of nitrogens with two attached hydrogens (primary N) is 2. The number of thiocarbonyl (C=S) groups is 1. The predicted octanol–water partition coefficient (Wildman–Crippen LogP) is 0.283. The van der Waals surface area contributed by atoms with Crippen LogP contribution in [0.25, 0.3) is 33.4 Å².